The van der Waals surface area contributed by atoms with Gasteiger partial charge in [0.25, 0.3) is 0 Å². The van der Waals surface area contributed by atoms with Crippen LogP contribution < -0.4 is 0 Å². The summed E-state index contributed by atoms with van der Waals surface area (Å²) in [5, 5.41) is 10.8. The van der Waals surface area contributed by atoms with Crippen molar-refractivity contribution in [3.63, 3.8) is 0 Å². The van der Waals surface area contributed by atoms with Crippen molar-refractivity contribution in [2.75, 3.05) is 0 Å². The summed E-state index contributed by atoms with van der Waals surface area (Å²) in [5.41, 5.74) is 3.34. The Hall–Kier alpha value is -0.300. The summed E-state index contributed by atoms with van der Waals surface area (Å²) in [6.45, 7) is 17.8. The highest BCUT2D eigenvalue weighted by Gasteiger charge is 2.63. The van der Waals surface area contributed by atoms with E-state index in [1.165, 1.54) is 51.4 Å². The molecule has 0 amide bonds. The van der Waals surface area contributed by atoms with E-state index in [1.807, 2.05) is 5.57 Å². The standard InChI is InChI=1S/C29H48O/c1-18-12-14-27(5)16-17-28(6)20-10-11-23-26(3,4)24(30)13-15-29(23,7)21(20)8-9-22(28)25(27)19(18)2/h9,18-21,23-25,30H,8,10-17H2,1-7H3/t18-,19+,20-,21+,23+,24+,25-,27-,28+,29-/m1/s1. The van der Waals surface area contributed by atoms with Gasteiger partial charge in [0.05, 0.1) is 6.10 Å². The molecule has 1 nitrogen and oxygen atoms in total. The minimum absolute atomic E-state index is 0.0708. The molecule has 0 unspecified atom stereocenters. The monoisotopic (exact) mass is 412 g/mol. The Morgan fingerprint density at radius 2 is 1.57 bits per heavy atom. The summed E-state index contributed by atoms with van der Waals surface area (Å²) in [7, 11) is 0. The molecule has 0 heterocycles. The van der Waals surface area contributed by atoms with Crippen LogP contribution in [0.4, 0.5) is 0 Å². The van der Waals surface area contributed by atoms with Crippen LogP contribution in [-0.2, 0) is 0 Å². The van der Waals surface area contributed by atoms with Crippen molar-refractivity contribution in [2.45, 2.75) is 112 Å². The second kappa shape index (κ2) is 6.61. The van der Waals surface area contributed by atoms with E-state index in [4.69, 9.17) is 0 Å². The predicted octanol–water partition coefficient (Wildman–Crippen LogP) is 7.63. The van der Waals surface area contributed by atoms with E-state index < -0.39 is 0 Å². The first-order chi connectivity index (χ1) is 13.9. The van der Waals surface area contributed by atoms with Gasteiger partial charge in [0.15, 0.2) is 0 Å². The molecule has 0 bridgehead atoms. The average molecular weight is 413 g/mol. The van der Waals surface area contributed by atoms with E-state index in [1.54, 1.807) is 0 Å². The lowest BCUT2D eigenvalue weighted by Crippen LogP contribution is -2.60. The third-order valence-corrected chi connectivity index (χ3v) is 12.6. The van der Waals surface area contributed by atoms with Crippen molar-refractivity contribution in [1.29, 1.82) is 0 Å². The molecule has 4 fully saturated rings. The SMILES string of the molecule is C[C@H]1[C@H](C)CC[C@]2(C)CC[C@]3(C)C(=CC[C@H]4[C@H]3CC[C@H]3C(C)(C)[C@@H](O)CC[C@]43C)[C@@H]12. The molecule has 4 saturated carbocycles. The van der Waals surface area contributed by atoms with Crippen molar-refractivity contribution >= 4 is 0 Å². The Morgan fingerprint density at radius 1 is 0.833 bits per heavy atom. The topological polar surface area (TPSA) is 20.2 Å². The third-order valence-electron chi connectivity index (χ3n) is 12.6. The van der Waals surface area contributed by atoms with Crippen LogP contribution in [0.1, 0.15) is 106 Å². The molecule has 0 aromatic carbocycles. The molecule has 10 atom stereocenters. The fourth-order valence-electron chi connectivity index (χ4n) is 10.4. The summed E-state index contributed by atoms with van der Waals surface area (Å²) >= 11 is 0. The van der Waals surface area contributed by atoms with Crippen molar-refractivity contribution in [3.05, 3.63) is 11.6 Å². The normalized spacial score (nSPS) is 57.3. The molecule has 5 rings (SSSR count). The third kappa shape index (κ3) is 2.63. The molecular formula is C29H48O. The maximum Gasteiger partial charge on any atom is 0.0594 e. The highest BCUT2D eigenvalue weighted by Crippen LogP contribution is 2.71. The Bertz CT molecular complexity index is 735. The molecule has 5 aliphatic rings. The summed E-state index contributed by atoms with van der Waals surface area (Å²) in [4.78, 5) is 0. The first kappa shape index (κ1) is 21.5. The minimum atomic E-state index is -0.114. The van der Waals surface area contributed by atoms with Crippen molar-refractivity contribution < 1.29 is 5.11 Å². The summed E-state index contributed by atoms with van der Waals surface area (Å²) in [6, 6.07) is 0. The number of hydrogen-bond acceptors (Lipinski definition) is 1. The highest BCUT2D eigenvalue weighted by atomic mass is 16.3. The van der Waals surface area contributed by atoms with Gasteiger partial charge in [-0.2, -0.15) is 0 Å². The molecule has 0 aromatic rings. The molecule has 0 aliphatic heterocycles. The van der Waals surface area contributed by atoms with Gasteiger partial charge in [0.2, 0.25) is 0 Å². The molecule has 1 N–H and O–H groups in total. The van der Waals surface area contributed by atoms with Crippen LogP contribution >= 0.6 is 0 Å². The Balaban J connectivity index is 1.54. The zero-order chi connectivity index (χ0) is 21.7. The Kier molecular flexibility index (Phi) is 4.75. The van der Waals surface area contributed by atoms with Gasteiger partial charge in [-0.3, -0.25) is 0 Å². The quantitative estimate of drug-likeness (QED) is 0.405. The first-order valence-electron chi connectivity index (χ1n) is 13.3. The second-order valence-corrected chi connectivity index (χ2v) is 14.0. The number of fused-ring (bicyclic) bond motifs is 7. The van der Waals surface area contributed by atoms with Gasteiger partial charge in [-0.15, -0.1) is 0 Å². The van der Waals surface area contributed by atoms with Crippen LogP contribution in [0.2, 0.25) is 0 Å². The molecule has 0 spiro atoms. The summed E-state index contributed by atoms with van der Waals surface area (Å²) in [6.07, 6.45) is 14.7. The maximum atomic E-state index is 10.8. The Labute approximate surface area is 186 Å². The zero-order valence-corrected chi connectivity index (χ0v) is 20.9. The van der Waals surface area contributed by atoms with E-state index in [2.05, 4.69) is 54.5 Å². The number of aliphatic hydroxyl groups excluding tert-OH is 1. The molecular weight excluding hydrogens is 364 g/mol. The van der Waals surface area contributed by atoms with Crippen LogP contribution in [0, 0.1) is 57.2 Å². The molecule has 0 radical (unpaired) electrons. The van der Waals surface area contributed by atoms with Gasteiger partial charge in [-0.1, -0.05) is 60.1 Å². The summed E-state index contributed by atoms with van der Waals surface area (Å²) in [5.74, 6) is 4.88. The van der Waals surface area contributed by atoms with Gasteiger partial charge < -0.3 is 5.11 Å². The summed E-state index contributed by atoms with van der Waals surface area (Å²) < 4.78 is 0. The fourth-order valence-corrected chi connectivity index (χ4v) is 10.4. The predicted molar refractivity (Wildman–Crippen MR) is 126 cm³/mol. The van der Waals surface area contributed by atoms with E-state index in [-0.39, 0.29) is 11.5 Å². The lowest BCUT2D eigenvalue weighted by atomic mass is 9.38. The van der Waals surface area contributed by atoms with Crippen LogP contribution in [-0.4, -0.2) is 11.2 Å². The van der Waals surface area contributed by atoms with E-state index in [0.717, 1.165) is 36.0 Å². The van der Waals surface area contributed by atoms with E-state index in [9.17, 15) is 5.11 Å². The largest absolute Gasteiger partial charge is 0.393 e. The van der Waals surface area contributed by atoms with E-state index in [0.29, 0.717) is 22.2 Å². The lowest BCUT2D eigenvalue weighted by Gasteiger charge is -2.67. The number of allylic oxidation sites excluding steroid dienone is 2. The minimum Gasteiger partial charge on any atom is -0.393 e. The van der Waals surface area contributed by atoms with Gasteiger partial charge in [-0.25, -0.2) is 0 Å². The van der Waals surface area contributed by atoms with Crippen LogP contribution in [0.3, 0.4) is 0 Å². The molecule has 0 saturated heterocycles. The van der Waals surface area contributed by atoms with Gasteiger partial charge in [0, 0.05) is 0 Å². The molecule has 170 valence electrons. The number of rotatable bonds is 0. The molecule has 0 aromatic heterocycles. The maximum absolute atomic E-state index is 10.8. The molecule has 5 aliphatic carbocycles. The number of hydrogen-bond donors (Lipinski definition) is 1. The molecule has 30 heavy (non-hydrogen) atoms. The first-order valence-corrected chi connectivity index (χ1v) is 13.3. The van der Waals surface area contributed by atoms with E-state index >= 15 is 0 Å². The van der Waals surface area contributed by atoms with Gasteiger partial charge in [-0.05, 0) is 115 Å². The average Bonchev–Trinajstić information content (AvgIpc) is 2.69. The fraction of sp³-hybridized carbons (Fsp3) is 0.931. The highest BCUT2D eigenvalue weighted by molar-refractivity contribution is 5.31. The van der Waals surface area contributed by atoms with Crippen molar-refractivity contribution in [1.82, 2.24) is 0 Å². The Morgan fingerprint density at radius 3 is 2.30 bits per heavy atom. The molecule has 1 heteroatoms. The van der Waals surface area contributed by atoms with Crippen LogP contribution in [0.5, 0.6) is 0 Å². The number of aliphatic hydroxyl groups is 1. The van der Waals surface area contributed by atoms with Crippen LogP contribution in [0.25, 0.3) is 0 Å². The lowest BCUT2D eigenvalue weighted by molar-refractivity contribution is -0.171. The van der Waals surface area contributed by atoms with Gasteiger partial charge in [0.1, 0.15) is 0 Å². The second-order valence-electron chi connectivity index (χ2n) is 14.0. The van der Waals surface area contributed by atoms with Crippen LogP contribution in [0.15, 0.2) is 11.6 Å². The van der Waals surface area contributed by atoms with Gasteiger partial charge >= 0.3 is 0 Å². The van der Waals surface area contributed by atoms with Crippen molar-refractivity contribution in [3.8, 4) is 0 Å². The smallest absolute Gasteiger partial charge is 0.0594 e. The van der Waals surface area contributed by atoms with Crippen molar-refractivity contribution in [2.24, 2.45) is 57.2 Å². The zero-order valence-electron chi connectivity index (χ0n) is 20.9.